The molecule has 222 valence electrons. The Morgan fingerprint density at radius 2 is 1.76 bits per heavy atom. The van der Waals surface area contributed by atoms with Gasteiger partial charge in [0.1, 0.15) is 25.1 Å². The number of hydrogen-bond donors (Lipinski definition) is 3. The van der Waals surface area contributed by atoms with Crippen LogP contribution in [0.4, 0.5) is 11.6 Å². The maximum absolute atomic E-state index is 12.9. The normalized spacial score (nSPS) is 15.1. The number of fused-ring (bicyclic) bond motifs is 1. The van der Waals surface area contributed by atoms with Crippen molar-refractivity contribution in [2.75, 3.05) is 30.0 Å². The maximum atomic E-state index is 12.9. The van der Waals surface area contributed by atoms with Gasteiger partial charge in [0.2, 0.25) is 21.9 Å². The van der Waals surface area contributed by atoms with E-state index >= 15 is 0 Å². The molecule has 1 aliphatic heterocycles. The van der Waals surface area contributed by atoms with Crippen molar-refractivity contribution in [2.24, 2.45) is 0 Å². The maximum Gasteiger partial charge on any atom is 0.284 e. The summed E-state index contributed by atoms with van der Waals surface area (Å²) in [4.78, 5) is 37.9. The molecule has 0 bridgehead atoms. The predicted molar refractivity (Wildman–Crippen MR) is 150 cm³/mol. The Kier molecular flexibility index (Phi) is 8.04. The minimum Gasteiger partial charge on any atom is -0.388 e. The quantitative estimate of drug-likeness (QED) is 0.219. The van der Waals surface area contributed by atoms with Crippen LogP contribution in [0.25, 0.3) is 11.0 Å². The van der Waals surface area contributed by atoms with E-state index in [1.807, 2.05) is 0 Å². The molecule has 4 heterocycles. The second-order valence-corrected chi connectivity index (χ2v) is 13.4. The van der Waals surface area contributed by atoms with E-state index in [0.29, 0.717) is 41.1 Å². The number of sulfonamides is 1. The van der Waals surface area contributed by atoms with E-state index in [1.165, 1.54) is 51.7 Å². The standard InChI is InChI=1S/C24H27N9O7S2/c1-41(37,38)31-10-8-18(9-11-31)28-24-25-12-16-2-7-22(36)32(23(16)29-24)13-21(35)27-17-3-5-19(6-4-17)42(39,40)33-15-26-20(14-34)30-33/h2-7,12,15,18,34H,8-11,13-14H2,1H3,(H,27,35)(H,25,28,29). The van der Waals surface area contributed by atoms with Crippen molar-refractivity contribution in [1.29, 1.82) is 0 Å². The van der Waals surface area contributed by atoms with E-state index < -0.39 is 38.1 Å². The van der Waals surface area contributed by atoms with Gasteiger partial charge in [-0.2, -0.15) is 13.4 Å². The largest absolute Gasteiger partial charge is 0.388 e. The third-order valence-corrected chi connectivity index (χ3v) is 9.46. The van der Waals surface area contributed by atoms with E-state index in [0.717, 1.165) is 6.33 Å². The summed E-state index contributed by atoms with van der Waals surface area (Å²) < 4.78 is 52.2. The molecule has 0 spiro atoms. The van der Waals surface area contributed by atoms with Crippen molar-refractivity contribution >= 4 is 48.6 Å². The molecule has 0 saturated carbocycles. The van der Waals surface area contributed by atoms with Gasteiger partial charge in [-0.3, -0.25) is 14.2 Å². The summed E-state index contributed by atoms with van der Waals surface area (Å²) in [5.74, 6) is -0.352. The summed E-state index contributed by atoms with van der Waals surface area (Å²) in [6.07, 6.45) is 4.80. The number of anilines is 2. The van der Waals surface area contributed by atoms with E-state index in [4.69, 9.17) is 5.11 Å². The summed E-state index contributed by atoms with van der Waals surface area (Å²) in [6.45, 7) is -0.147. The number of carbonyl (C=O) groups excluding carboxylic acids is 1. The Morgan fingerprint density at radius 1 is 1.05 bits per heavy atom. The van der Waals surface area contributed by atoms with Gasteiger partial charge in [-0.1, -0.05) is 0 Å². The number of aliphatic hydroxyl groups is 1. The van der Waals surface area contributed by atoms with Crippen LogP contribution >= 0.6 is 0 Å². The highest BCUT2D eigenvalue weighted by Crippen LogP contribution is 2.19. The fraction of sp³-hybridized carbons (Fsp3) is 0.333. The first-order valence-corrected chi connectivity index (χ1v) is 16.0. The van der Waals surface area contributed by atoms with Crippen LogP contribution in [0.1, 0.15) is 18.7 Å². The molecule has 5 rings (SSSR count). The van der Waals surface area contributed by atoms with Crippen LogP contribution in [0.2, 0.25) is 0 Å². The van der Waals surface area contributed by atoms with Crippen molar-refractivity contribution in [1.82, 2.24) is 33.0 Å². The van der Waals surface area contributed by atoms with E-state index in [9.17, 15) is 26.4 Å². The molecule has 42 heavy (non-hydrogen) atoms. The van der Waals surface area contributed by atoms with Crippen LogP contribution in [0, 0.1) is 0 Å². The first kappa shape index (κ1) is 29.2. The lowest BCUT2D eigenvalue weighted by atomic mass is 10.1. The lowest BCUT2D eigenvalue weighted by Crippen LogP contribution is -2.42. The van der Waals surface area contributed by atoms with E-state index in [-0.39, 0.29) is 34.9 Å². The predicted octanol–water partition coefficient (Wildman–Crippen LogP) is -0.413. The number of nitrogens with one attached hydrogen (secondary N) is 2. The lowest BCUT2D eigenvalue weighted by Gasteiger charge is -2.30. The van der Waals surface area contributed by atoms with Crippen LogP contribution in [-0.2, 0) is 38.0 Å². The molecule has 1 aliphatic rings. The van der Waals surface area contributed by atoms with Gasteiger partial charge in [0.25, 0.3) is 15.6 Å². The van der Waals surface area contributed by atoms with Gasteiger partial charge in [0.15, 0.2) is 5.82 Å². The number of amides is 1. The minimum absolute atomic E-state index is 0.0470. The van der Waals surface area contributed by atoms with Crippen molar-refractivity contribution in [3.05, 3.63) is 65.1 Å². The fourth-order valence-corrected chi connectivity index (χ4v) is 6.38. The van der Waals surface area contributed by atoms with Crippen LogP contribution in [0.5, 0.6) is 0 Å². The summed E-state index contributed by atoms with van der Waals surface area (Å²) in [7, 11) is -7.31. The van der Waals surface area contributed by atoms with Gasteiger partial charge in [-0.05, 0) is 43.2 Å². The number of aromatic nitrogens is 6. The Bertz CT molecular complexity index is 1900. The molecule has 4 aromatic rings. The smallest absolute Gasteiger partial charge is 0.284 e. The number of nitrogens with zero attached hydrogens (tertiary/aromatic N) is 7. The second kappa shape index (κ2) is 11.6. The zero-order valence-electron chi connectivity index (χ0n) is 22.3. The minimum atomic E-state index is -4.05. The molecule has 0 radical (unpaired) electrons. The van der Waals surface area contributed by atoms with Gasteiger partial charge in [0.05, 0.1) is 11.2 Å². The van der Waals surface area contributed by atoms with Crippen LogP contribution in [-0.4, -0.2) is 86.2 Å². The van der Waals surface area contributed by atoms with Gasteiger partial charge < -0.3 is 15.7 Å². The Morgan fingerprint density at radius 3 is 2.40 bits per heavy atom. The van der Waals surface area contributed by atoms with Crippen LogP contribution in [0.15, 0.2) is 58.6 Å². The highest BCUT2D eigenvalue weighted by Gasteiger charge is 2.25. The lowest BCUT2D eigenvalue weighted by molar-refractivity contribution is -0.116. The third-order valence-electron chi connectivity index (χ3n) is 6.62. The second-order valence-electron chi connectivity index (χ2n) is 9.58. The third kappa shape index (κ3) is 6.30. The number of carbonyl (C=O) groups is 1. The zero-order chi connectivity index (χ0) is 30.1. The molecule has 1 saturated heterocycles. The van der Waals surface area contributed by atoms with Crippen LogP contribution < -0.4 is 16.2 Å². The van der Waals surface area contributed by atoms with Gasteiger partial charge in [-0.25, -0.2) is 22.7 Å². The summed E-state index contributed by atoms with van der Waals surface area (Å²) >= 11 is 0. The highest BCUT2D eigenvalue weighted by molar-refractivity contribution is 7.89. The van der Waals surface area contributed by atoms with Crippen molar-refractivity contribution in [3.63, 3.8) is 0 Å². The summed E-state index contributed by atoms with van der Waals surface area (Å²) in [5, 5.41) is 19.1. The number of rotatable bonds is 9. The number of aliphatic hydroxyl groups excluding tert-OH is 1. The molecule has 3 N–H and O–H groups in total. The summed E-state index contributed by atoms with van der Waals surface area (Å²) in [5.41, 5.74) is 0.0693. The average Bonchev–Trinajstić information content (AvgIpc) is 3.45. The summed E-state index contributed by atoms with van der Waals surface area (Å²) in [6, 6.07) is 8.12. The SMILES string of the molecule is CS(=O)(=O)N1CCC(Nc2ncc3ccc(=O)n(CC(=O)Nc4ccc(S(=O)(=O)n5cnc(CO)n5)cc4)c3n2)CC1. The monoisotopic (exact) mass is 617 g/mol. The van der Waals surface area contributed by atoms with Crippen LogP contribution in [0.3, 0.4) is 0 Å². The molecule has 16 nitrogen and oxygen atoms in total. The zero-order valence-corrected chi connectivity index (χ0v) is 23.9. The molecular formula is C24H27N9O7S2. The molecule has 1 amide bonds. The molecule has 18 heteroatoms. The number of hydrogen-bond acceptors (Lipinski definition) is 12. The Hall–Kier alpha value is -4.26. The number of benzene rings is 1. The van der Waals surface area contributed by atoms with Crippen molar-refractivity contribution in [3.8, 4) is 0 Å². The number of pyridine rings is 1. The fourth-order valence-electron chi connectivity index (χ4n) is 4.44. The first-order chi connectivity index (χ1) is 19.9. The first-order valence-electron chi connectivity index (χ1n) is 12.7. The molecule has 0 unspecified atom stereocenters. The average molecular weight is 618 g/mol. The molecule has 0 aliphatic carbocycles. The van der Waals surface area contributed by atoms with E-state index in [2.05, 4.69) is 30.7 Å². The van der Waals surface area contributed by atoms with E-state index in [1.54, 1.807) is 6.07 Å². The molecule has 1 aromatic carbocycles. The number of piperidine rings is 1. The highest BCUT2D eigenvalue weighted by atomic mass is 32.2. The van der Waals surface area contributed by atoms with Gasteiger partial charge >= 0.3 is 0 Å². The molecule has 0 atom stereocenters. The molecular weight excluding hydrogens is 590 g/mol. The van der Waals surface area contributed by atoms with Gasteiger partial charge in [-0.15, -0.1) is 9.19 Å². The van der Waals surface area contributed by atoms with Gasteiger partial charge in [0, 0.05) is 42.5 Å². The molecule has 1 fully saturated rings. The molecule has 3 aromatic heterocycles. The van der Waals surface area contributed by atoms with Crippen molar-refractivity contribution in [2.45, 2.75) is 36.9 Å². The Balaban J connectivity index is 1.28. The van der Waals surface area contributed by atoms with Crippen molar-refractivity contribution < 1.29 is 26.7 Å². The topological polar surface area (TPSA) is 211 Å². The Labute approximate surface area is 240 Å².